The first-order valence-corrected chi connectivity index (χ1v) is 4.12. The number of halogens is 1. The van der Waals surface area contributed by atoms with Crippen LogP contribution in [0.2, 0.25) is 0 Å². The summed E-state index contributed by atoms with van der Waals surface area (Å²) in [5, 5.41) is 9.49. The van der Waals surface area contributed by atoms with Crippen molar-refractivity contribution in [3.05, 3.63) is 0 Å². The maximum absolute atomic E-state index is 9.49. The minimum atomic E-state index is -0.444. The van der Waals surface area contributed by atoms with Crippen molar-refractivity contribution in [2.75, 3.05) is 6.54 Å². The van der Waals surface area contributed by atoms with Crippen LogP contribution in [0.5, 0.6) is 0 Å². The molecular weight excluding hydrogens is 229 g/mol. The highest BCUT2D eigenvalue weighted by molar-refractivity contribution is 14.1. The van der Waals surface area contributed by atoms with Gasteiger partial charge >= 0.3 is 0 Å². The zero-order valence-electron chi connectivity index (χ0n) is 5.76. The van der Waals surface area contributed by atoms with Gasteiger partial charge in [-0.05, 0) is 20.3 Å². The SMILES string of the molecule is CC1C[C@](C)(O)CN1I. The Bertz CT molecular complexity index is 104. The fourth-order valence-corrected chi connectivity index (χ4v) is 2.21. The van der Waals surface area contributed by atoms with Gasteiger partial charge < -0.3 is 5.11 Å². The van der Waals surface area contributed by atoms with Crippen LogP contribution in [0, 0.1) is 0 Å². The van der Waals surface area contributed by atoms with Gasteiger partial charge in [0.2, 0.25) is 0 Å². The Morgan fingerprint density at radius 1 is 1.78 bits per heavy atom. The van der Waals surface area contributed by atoms with Crippen molar-refractivity contribution in [1.29, 1.82) is 0 Å². The van der Waals surface area contributed by atoms with Gasteiger partial charge in [0.15, 0.2) is 0 Å². The van der Waals surface area contributed by atoms with Crippen molar-refractivity contribution in [3.8, 4) is 0 Å². The third-order valence-corrected chi connectivity index (χ3v) is 3.00. The Labute approximate surface area is 69.7 Å². The van der Waals surface area contributed by atoms with E-state index in [9.17, 15) is 5.11 Å². The van der Waals surface area contributed by atoms with Crippen LogP contribution in [0.3, 0.4) is 0 Å². The molecular formula is C6H12INO. The van der Waals surface area contributed by atoms with Gasteiger partial charge in [0.1, 0.15) is 0 Å². The fraction of sp³-hybridized carbons (Fsp3) is 1.00. The Hall–Kier alpha value is 0.650. The average molecular weight is 241 g/mol. The van der Waals surface area contributed by atoms with Gasteiger partial charge in [-0.3, -0.25) is 0 Å². The zero-order chi connectivity index (χ0) is 7.07. The molecule has 0 aromatic rings. The molecule has 1 unspecified atom stereocenters. The number of aliphatic hydroxyl groups is 1. The molecule has 9 heavy (non-hydrogen) atoms. The largest absolute Gasteiger partial charge is 0.389 e. The van der Waals surface area contributed by atoms with Gasteiger partial charge in [0.05, 0.1) is 5.60 Å². The highest BCUT2D eigenvalue weighted by Crippen LogP contribution is 2.28. The van der Waals surface area contributed by atoms with E-state index in [0.29, 0.717) is 6.04 Å². The lowest BCUT2D eigenvalue weighted by atomic mass is 10.0. The van der Waals surface area contributed by atoms with Gasteiger partial charge in [-0.2, -0.15) is 0 Å². The predicted octanol–water partition coefficient (Wildman–Crippen LogP) is 1.18. The van der Waals surface area contributed by atoms with E-state index in [1.54, 1.807) is 0 Å². The maximum atomic E-state index is 9.49. The molecule has 1 heterocycles. The molecule has 2 nitrogen and oxygen atoms in total. The summed E-state index contributed by atoms with van der Waals surface area (Å²) in [4.78, 5) is 0. The molecule has 1 aliphatic heterocycles. The molecule has 1 fully saturated rings. The molecule has 0 radical (unpaired) electrons. The standard InChI is InChI=1S/C6H12INO/c1-5-3-6(2,9)4-8(5)7/h5,9H,3-4H2,1-2H3/t5?,6-/m0/s1. The monoisotopic (exact) mass is 241 g/mol. The van der Waals surface area contributed by atoms with E-state index in [-0.39, 0.29) is 0 Å². The lowest BCUT2D eigenvalue weighted by Crippen LogP contribution is -2.25. The Kier molecular flexibility index (Phi) is 2.03. The summed E-state index contributed by atoms with van der Waals surface area (Å²) in [7, 11) is 0. The van der Waals surface area contributed by atoms with Gasteiger partial charge in [-0.25, -0.2) is 3.11 Å². The van der Waals surface area contributed by atoms with Gasteiger partial charge in [0, 0.05) is 35.5 Å². The highest BCUT2D eigenvalue weighted by Gasteiger charge is 2.35. The van der Waals surface area contributed by atoms with Crippen LogP contribution in [-0.4, -0.2) is 26.4 Å². The van der Waals surface area contributed by atoms with Crippen LogP contribution in [0.15, 0.2) is 0 Å². The molecule has 1 saturated heterocycles. The first-order chi connectivity index (χ1) is 4.01. The summed E-state index contributed by atoms with van der Waals surface area (Å²) in [6, 6.07) is 0.528. The number of nitrogens with zero attached hydrogens (tertiary/aromatic N) is 1. The minimum absolute atomic E-state index is 0.444. The first-order valence-electron chi connectivity index (χ1n) is 3.16. The summed E-state index contributed by atoms with van der Waals surface area (Å²) >= 11 is 2.26. The molecule has 0 aliphatic carbocycles. The van der Waals surface area contributed by atoms with Gasteiger partial charge in [-0.15, -0.1) is 0 Å². The second-order valence-corrected chi connectivity index (χ2v) is 4.35. The predicted molar refractivity (Wildman–Crippen MR) is 45.4 cm³/mol. The summed E-state index contributed by atoms with van der Waals surface area (Å²) in [6.07, 6.45) is 0.899. The van der Waals surface area contributed by atoms with Crippen LogP contribution in [0.1, 0.15) is 20.3 Å². The molecule has 0 amide bonds. The molecule has 2 atom stereocenters. The zero-order valence-corrected chi connectivity index (χ0v) is 7.92. The third-order valence-electron chi connectivity index (χ3n) is 1.71. The van der Waals surface area contributed by atoms with Crippen LogP contribution in [0.25, 0.3) is 0 Å². The van der Waals surface area contributed by atoms with Gasteiger partial charge in [0.25, 0.3) is 0 Å². The Morgan fingerprint density at radius 2 is 2.33 bits per heavy atom. The molecule has 3 heteroatoms. The van der Waals surface area contributed by atoms with E-state index in [1.165, 1.54) is 0 Å². The van der Waals surface area contributed by atoms with Crippen LogP contribution >= 0.6 is 22.9 Å². The van der Waals surface area contributed by atoms with Crippen LogP contribution in [-0.2, 0) is 0 Å². The van der Waals surface area contributed by atoms with Crippen LogP contribution in [0.4, 0.5) is 0 Å². The quantitative estimate of drug-likeness (QED) is 0.508. The van der Waals surface area contributed by atoms with Crippen molar-refractivity contribution in [2.24, 2.45) is 0 Å². The smallest absolute Gasteiger partial charge is 0.0769 e. The number of β-amino-alcohol motifs (C(OH)–C–C–N with tert-alkyl or cyclic N) is 1. The number of hydrogen-bond donors (Lipinski definition) is 1. The lowest BCUT2D eigenvalue weighted by molar-refractivity contribution is 0.0769. The van der Waals surface area contributed by atoms with Crippen molar-refractivity contribution in [1.82, 2.24) is 3.11 Å². The Morgan fingerprint density at radius 3 is 2.44 bits per heavy atom. The van der Waals surface area contributed by atoms with Crippen LogP contribution < -0.4 is 0 Å². The summed E-state index contributed by atoms with van der Waals surface area (Å²) in [5.74, 6) is 0. The van der Waals surface area contributed by atoms with Gasteiger partial charge in [-0.1, -0.05) is 0 Å². The van der Waals surface area contributed by atoms with Crippen molar-refractivity contribution < 1.29 is 5.11 Å². The first kappa shape index (κ1) is 7.75. The van der Waals surface area contributed by atoms with Crippen molar-refractivity contribution in [3.63, 3.8) is 0 Å². The summed E-state index contributed by atoms with van der Waals surface area (Å²) < 4.78 is 2.15. The molecule has 1 N–H and O–H groups in total. The highest BCUT2D eigenvalue weighted by atomic mass is 127. The maximum Gasteiger partial charge on any atom is 0.0769 e. The number of rotatable bonds is 0. The normalized spacial score (nSPS) is 46.0. The third kappa shape index (κ3) is 1.78. The molecule has 0 bridgehead atoms. The molecule has 0 aromatic heterocycles. The molecule has 1 aliphatic rings. The van der Waals surface area contributed by atoms with E-state index in [1.807, 2.05) is 6.92 Å². The fourth-order valence-electron chi connectivity index (χ4n) is 1.28. The van der Waals surface area contributed by atoms with E-state index >= 15 is 0 Å². The van der Waals surface area contributed by atoms with Crippen molar-refractivity contribution >= 4 is 22.9 Å². The van der Waals surface area contributed by atoms with E-state index < -0.39 is 5.60 Å². The van der Waals surface area contributed by atoms with E-state index in [0.717, 1.165) is 13.0 Å². The molecule has 0 aromatic carbocycles. The summed E-state index contributed by atoms with van der Waals surface area (Å²) in [6.45, 7) is 4.82. The molecule has 0 saturated carbocycles. The molecule has 0 spiro atoms. The minimum Gasteiger partial charge on any atom is -0.389 e. The molecule has 54 valence electrons. The van der Waals surface area contributed by atoms with Crippen molar-refractivity contribution in [2.45, 2.75) is 31.9 Å². The lowest BCUT2D eigenvalue weighted by Gasteiger charge is -2.13. The summed E-state index contributed by atoms with van der Waals surface area (Å²) in [5.41, 5.74) is -0.444. The second kappa shape index (κ2) is 2.36. The Balaban J connectivity index is 2.54. The van der Waals surface area contributed by atoms with E-state index in [2.05, 4.69) is 32.9 Å². The molecule has 1 rings (SSSR count). The topological polar surface area (TPSA) is 23.5 Å². The average Bonchev–Trinajstić information content (AvgIpc) is 1.79. The number of hydrogen-bond acceptors (Lipinski definition) is 2. The van der Waals surface area contributed by atoms with E-state index in [4.69, 9.17) is 0 Å². The second-order valence-electron chi connectivity index (χ2n) is 3.11.